The predicted octanol–water partition coefficient (Wildman–Crippen LogP) is 1.66. The number of para-hydroxylation sites is 1. The van der Waals surface area contributed by atoms with Crippen LogP contribution in [-0.2, 0) is 12.1 Å². The summed E-state index contributed by atoms with van der Waals surface area (Å²) in [7, 11) is 0. The number of aromatic amines is 1. The number of aromatic nitrogens is 2. The number of nitrogens with zero attached hydrogens (tertiary/aromatic N) is 1. The van der Waals surface area contributed by atoms with Crippen LogP contribution in [0.25, 0.3) is 10.9 Å². The first-order valence-electron chi connectivity index (χ1n) is 6.46. The molecule has 0 fully saturated rings. The van der Waals surface area contributed by atoms with Crippen LogP contribution in [0.4, 0.5) is 0 Å². The molecule has 0 radical (unpaired) electrons. The molecule has 0 aliphatic carbocycles. The average molecular weight is 302 g/mol. The summed E-state index contributed by atoms with van der Waals surface area (Å²) in [4.78, 5) is 27.2. The van der Waals surface area contributed by atoms with E-state index in [2.05, 4.69) is 4.98 Å². The number of H-pyrrole nitrogens is 1. The highest BCUT2D eigenvalue weighted by Gasteiger charge is 2.26. The highest BCUT2D eigenvalue weighted by atomic mass is 32.1. The van der Waals surface area contributed by atoms with Crippen LogP contribution in [-0.4, -0.2) is 14.7 Å². The van der Waals surface area contributed by atoms with Gasteiger partial charge in [-0.2, -0.15) is 11.3 Å². The minimum absolute atomic E-state index is 0.0945. The molecule has 2 aromatic heterocycles. The second kappa shape index (κ2) is 4.98. The van der Waals surface area contributed by atoms with Crippen LogP contribution in [0.5, 0.6) is 0 Å². The molecule has 2 heterocycles. The third kappa shape index (κ3) is 2.43. The molecule has 0 bridgehead atoms. The van der Waals surface area contributed by atoms with Gasteiger partial charge in [0, 0.05) is 0 Å². The number of rotatable bonds is 3. The molecule has 108 valence electrons. The lowest BCUT2D eigenvalue weighted by atomic mass is 9.99. The number of hydrogen-bond acceptors (Lipinski definition) is 4. The largest absolute Gasteiger partial charge is 0.384 e. The summed E-state index contributed by atoms with van der Waals surface area (Å²) >= 11 is 1.45. The third-order valence-corrected chi connectivity index (χ3v) is 4.18. The average Bonchev–Trinajstić information content (AvgIpc) is 2.98. The van der Waals surface area contributed by atoms with E-state index in [1.54, 1.807) is 42.6 Å². The van der Waals surface area contributed by atoms with Gasteiger partial charge in [-0.1, -0.05) is 12.1 Å². The Kier molecular flexibility index (Phi) is 3.27. The van der Waals surface area contributed by atoms with Gasteiger partial charge < -0.3 is 10.1 Å². The van der Waals surface area contributed by atoms with Crippen molar-refractivity contribution in [2.24, 2.45) is 0 Å². The van der Waals surface area contributed by atoms with Gasteiger partial charge in [0.2, 0.25) is 0 Å². The second-order valence-electron chi connectivity index (χ2n) is 5.15. The minimum Gasteiger partial charge on any atom is -0.384 e. The Morgan fingerprint density at radius 3 is 2.76 bits per heavy atom. The number of fused-ring (bicyclic) bond motifs is 1. The summed E-state index contributed by atoms with van der Waals surface area (Å²) in [5.41, 5.74) is -1.01. The highest BCUT2D eigenvalue weighted by molar-refractivity contribution is 7.08. The maximum atomic E-state index is 12.4. The normalized spacial score (nSPS) is 14.2. The Balaban J connectivity index is 2.14. The molecule has 1 unspecified atom stereocenters. The molecule has 6 heteroatoms. The molecule has 3 aromatic rings. The second-order valence-corrected chi connectivity index (χ2v) is 5.93. The zero-order valence-corrected chi connectivity index (χ0v) is 12.2. The molecule has 1 aromatic carbocycles. The molecule has 1 atom stereocenters. The molecular formula is C15H14N2O3S. The van der Waals surface area contributed by atoms with Crippen molar-refractivity contribution in [2.45, 2.75) is 19.1 Å². The lowest BCUT2D eigenvalue weighted by Gasteiger charge is -2.23. The van der Waals surface area contributed by atoms with E-state index in [0.29, 0.717) is 16.5 Å². The Hall–Kier alpha value is -2.18. The van der Waals surface area contributed by atoms with Gasteiger partial charge in [-0.25, -0.2) is 4.79 Å². The smallest absolute Gasteiger partial charge is 0.328 e. The Bertz CT molecular complexity index is 891. The molecular weight excluding hydrogens is 288 g/mol. The van der Waals surface area contributed by atoms with Gasteiger partial charge in [0.25, 0.3) is 5.56 Å². The quantitative estimate of drug-likeness (QED) is 0.772. The fourth-order valence-corrected chi connectivity index (χ4v) is 3.10. The third-order valence-electron chi connectivity index (χ3n) is 3.50. The van der Waals surface area contributed by atoms with Crippen LogP contribution in [0.1, 0.15) is 12.5 Å². The van der Waals surface area contributed by atoms with Crippen LogP contribution in [0.15, 0.2) is 50.7 Å². The Morgan fingerprint density at radius 1 is 1.29 bits per heavy atom. The first-order chi connectivity index (χ1) is 9.99. The van der Waals surface area contributed by atoms with E-state index in [9.17, 15) is 14.7 Å². The zero-order valence-electron chi connectivity index (χ0n) is 11.4. The fourth-order valence-electron chi connectivity index (χ4n) is 2.31. The lowest BCUT2D eigenvalue weighted by Crippen LogP contribution is -2.41. The van der Waals surface area contributed by atoms with E-state index >= 15 is 0 Å². The number of thiophene rings is 1. The SMILES string of the molecule is CC(O)(Cn1c(=O)[nH]c2ccccc2c1=O)c1ccsc1. The minimum atomic E-state index is -1.28. The summed E-state index contributed by atoms with van der Waals surface area (Å²) in [6, 6.07) is 8.61. The first kappa shape index (κ1) is 13.8. The summed E-state index contributed by atoms with van der Waals surface area (Å²) in [6.45, 7) is 1.50. The Labute approximate surface area is 124 Å². The molecule has 3 rings (SSSR count). The standard InChI is InChI=1S/C15H14N2O3S/c1-15(20,10-6-7-21-8-10)9-17-13(18)11-4-2-3-5-12(11)16-14(17)19/h2-8,20H,9H2,1H3,(H,16,19). The molecule has 0 spiro atoms. The first-order valence-corrected chi connectivity index (χ1v) is 7.40. The zero-order chi connectivity index (χ0) is 15.0. The Morgan fingerprint density at radius 2 is 2.05 bits per heavy atom. The van der Waals surface area contributed by atoms with Crippen molar-refractivity contribution in [3.05, 3.63) is 67.5 Å². The van der Waals surface area contributed by atoms with Crippen LogP contribution in [0, 0.1) is 0 Å². The van der Waals surface area contributed by atoms with Crippen molar-refractivity contribution in [3.8, 4) is 0 Å². The number of benzene rings is 1. The molecule has 0 saturated carbocycles. The van der Waals surface area contributed by atoms with Crippen LogP contribution < -0.4 is 11.2 Å². The molecule has 21 heavy (non-hydrogen) atoms. The molecule has 0 aliphatic heterocycles. The molecule has 5 nitrogen and oxygen atoms in total. The maximum absolute atomic E-state index is 12.4. The molecule has 2 N–H and O–H groups in total. The van der Waals surface area contributed by atoms with E-state index < -0.39 is 16.9 Å². The van der Waals surface area contributed by atoms with Gasteiger partial charge in [-0.3, -0.25) is 9.36 Å². The van der Waals surface area contributed by atoms with E-state index in [-0.39, 0.29) is 6.54 Å². The molecule has 0 saturated heterocycles. The van der Waals surface area contributed by atoms with Crippen molar-refractivity contribution in [1.29, 1.82) is 0 Å². The van der Waals surface area contributed by atoms with Gasteiger partial charge in [0.1, 0.15) is 5.60 Å². The fraction of sp³-hybridized carbons (Fsp3) is 0.200. The summed E-state index contributed by atoms with van der Waals surface area (Å²) < 4.78 is 1.04. The number of nitrogens with one attached hydrogen (secondary N) is 1. The van der Waals surface area contributed by atoms with Crippen LogP contribution in [0.3, 0.4) is 0 Å². The molecule has 0 aliphatic rings. The van der Waals surface area contributed by atoms with Gasteiger partial charge in [-0.15, -0.1) is 0 Å². The van der Waals surface area contributed by atoms with Crippen LogP contribution in [0.2, 0.25) is 0 Å². The monoisotopic (exact) mass is 302 g/mol. The van der Waals surface area contributed by atoms with E-state index in [0.717, 1.165) is 4.57 Å². The van der Waals surface area contributed by atoms with E-state index in [4.69, 9.17) is 0 Å². The van der Waals surface area contributed by atoms with Gasteiger partial charge in [-0.05, 0) is 41.4 Å². The lowest BCUT2D eigenvalue weighted by molar-refractivity contribution is 0.0365. The summed E-state index contributed by atoms with van der Waals surface area (Å²) in [5, 5.41) is 14.6. The van der Waals surface area contributed by atoms with Gasteiger partial charge >= 0.3 is 5.69 Å². The highest BCUT2D eigenvalue weighted by Crippen LogP contribution is 2.24. The van der Waals surface area contributed by atoms with Crippen molar-refractivity contribution in [3.63, 3.8) is 0 Å². The van der Waals surface area contributed by atoms with E-state index in [1.807, 2.05) is 5.38 Å². The summed E-state index contributed by atoms with van der Waals surface area (Å²) in [5.74, 6) is 0. The number of hydrogen-bond donors (Lipinski definition) is 2. The van der Waals surface area contributed by atoms with Gasteiger partial charge in [0.15, 0.2) is 0 Å². The topological polar surface area (TPSA) is 75.1 Å². The molecule has 0 amide bonds. The predicted molar refractivity (Wildman–Crippen MR) is 82.7 cm³/mol. The summed E-state index contributed by atoms with van der Waals surface area (Å²) in [6.07, 6.45) is 0. The van der Waals surface area contributed by atoms with Crippen molar-refractivity contribution < 1.29 is 5.11 Å². The van der Waals surface area contributed by atoms with Crippen molar-refractivity contribution in [2.75, 3.05) is 0 Å². The van der Waals surface area contributed by atoms with Crippen LogP contribution >= 0.6 is 11.3 Å². The van der Waals surface area contributed by atoms with Crippen molar-refractivity contribution in [1.82, 2.24) is 9.55 Å². The van der Waals surface area contributed by atoms with E-state index in [1.165, 1.54) is 11.3 Å². The van der Waals surface area contributed by atoms with Gasteiger partial charge in [0.05, 0.1) is 17.4 Å². The van der Waals surface area contributed by atoms with Crippen molar-refractivity contribution >= 4 is 22.2 Å². The maximum Gasteiger partial charge on any atom is 0.328 e. The number of aliphatic hydroxyl groups is 1.